The van der Waals surface area contributed by atoms with Gasteiger partial charge in [-0.2, -0.15) is 0 Å². The van der Waals surface area contributed by atoms with Crippen molar-refractivity contribution in [3.05, 3.63) is 0 Å². The van der Waals surface area contributed by atoms with E-state index in [1.807, 2.05) is 5.32 Å². The zero-order valence-electron chi connectivity index (χ0n) is 8.59. The molecule has 0 heterocycles. The molecular formula is C9H17N3O2. The first kappa shape index (κ1) is 11.0. The molecule has 0 aliphatic heterocycles. The van der Waals surface area contributed by atoms with Crippen LogP contribution in [-0.4, -0.2) is 24.5 Å². The lowest BCUT2D eigenvalue weighted by Gasteiger charge is -2.15. The topological polar surface area (TPSA) is 84.2 Å². The predicted octanol–water partition coefficient (Wildman–Crippen LogP) is -0.0405. The molecule has 0 spiro atoms. The maximum absolute atomic E-state index is 11.2. The van der Waals surface area contributed by atoms with Crippen LogP contribution < -0.4 is 16.4 Å². The number of nitrogens with two attached hydrogens (primary N) is 1. The van der Waals surface area contributed by atoms with Crippen LogP contribution >= 0.6 is 0 Å². The Hall–Kier alpha value is -1.10. The third-order valence-electron chi connectivity index (χ3n) is 2.58. The van der Waals surface area contributed by atoms with Gasteiger partial charge in [-0.05, 0) is 25.2 Å². The van der Waals surface area contributed by atoms with Crippen LogP contribution in [0.4, 0.5) is 4.79 Å². The van der Waals surface area contributed by atoms with Crippen LogP contribution in [0.25, 0.3) is 0 Å². The standard InChI is InChI=1S/C9H17N3O2/c1-6(7(13)12-8(10)14)11-5-9(2)3-4-9/h6,11H,3-5H2,1-2H3,(H3,10,12,13,14). The zero-order chi connectivity index (χ0) is 10.8. The van der Waals surface area contributed by atoms with Crippen LogP contribution in [0.15, 0.2) is 0 Å². The van der Waals surface area contributed by atoms with Crippen LogP contribution in [0, 0.1) is 5.41 Å². The minimum atomic E-state index is -0.804. The van der Waals surface area contributed by atoms with Crippen LogP contribution in [0.1, 0.15) is 26.7 Å². The summed E-state index contributed by atoms with van der Waals surface area (Å²) in [6.45, 7) is 4.68. The summed E-state index contributed by atoms with van der Waals surface area (Å²) in [6.07, 6.45) is 2.40. The molecule has 0 aromatic heterocycles. The summed E-state index contributed by atoms with van der Waals surface area (Å²) in [5.74, 6) is -0.373. The number of nitrogens with one attached hydrogen (secondary N) is 2. The van der Waals surface area contributed by atoms with Gasteiger partial charge in [0.25, 0.3) is 0 Å². The smallest absolute Gasteiger partial charge is 0.318 e. The molecule has 0 aromatic carbocycles. The third kappa shape index (κ3) is 3.33. The maximum atomic E-state index is 11.2. The van der Waals surface area contributed by atoms with E-state index in [-0.39, 0.29) is 11.9 Å². The number of imide groups is 1. The fraction of sp³-hybridized carbons (Fsp3) is 0.778. The average molecular weight is 199 g/mol. The Morgan fingerprint density at radius 3 is 2.50 bits per heavy atom. The summed E-state index contributed by atoms with van der Waals surface area (Å²) in [4.78, 5) is 21.6. The highest BCUT2D eigenvalue weighted by Crippen LogP contribution is 2.44. The van der Waals surface area contributed by atoms with E-state index >= 15 is 0 Å². The van der Waals surface area contributed by atoms with E-state index in [2.05, 4.69) is 12.2 Å². The van der Waals surface area contributed by atoms with Crippen LogP contribution in [0.5, 0.6) is 0 Å². The molecule has 80 valence electrons. The number of carbonyl (C=O) groups is 2. The molecule has 1 aliphatic carbocycles. The van der Waals surface area contributed by atoms with Gasteiger partial charge in [-0.1, -0.05) is 6.92 Å². The number of urea groups is 1. The Morgan fingerprint density at radius 1 is 1.50 bits per heavy atom. The molecule has 0 bridgehead atoms. The van der Waals surface area contributed by atoms with Gasteiger partial charge in [-0.15, -0.1) is 0 Å². The van der Waals surface area contributed by atoms with E-state index in [9.17, 15) is 9.59 Å². The Bertz CT molecular complexity index is 248. The molecular weight excluding hydrogens is 182 g/mol. The van der Waals surface area contributed by atoms with Gasteiger partial charge in [0, 0.05) is 6.54 Å². The first-order valence-corrected chi connectivity index (χ1v) is 4.77. The lowest BCUT2D eigenvalue weighted by atomic mass is 10.1. The van der Waals surface area contributed by atoms with E-state index in [1.165, 1.54) is 12.8 Å². The van der Waals surface area contributed by atoms with Crippen molar-refractivity contribution >= 4 is 11.9 Å². The molecule has 1 fully saturated rings. The molecule has 5 heteroatoms. The van der Waals surface area contributed by atoms with Crippen molar-refractivity contribution in [1.82, 2.24) is 10.6 Å². The van der Waals surface area contributed by atoms with E-state index in [0.717, 1.165) is 6.54 Å². The van der Waals surface area contributed by atoms with Gasteiger partial charge in [0.2, 0.25) is 5.91 Å². The summed E-state index contributed by atoms with van der Waals surface area (Å²) in [5.41, 5.74) is 5.18. The number of amides is 3. The Labute approximate surface area is 83.4 Å². The van der Waals surface area contributed by atoms with Crippen molar-refractivity contribution in [2.45, 2.75) is 32.7 Å². The van der Waals surface area contributed by atoms with Crippen LogP contribution in [-0.2, 0) is 4.79 Å². The zero-order valence-corrected chi connectivity index (χ0v) is 8.59. The minimum Gasteiger partial charge on any atom is -0.351 e. The highest BCUT2D eigenvalue weighted by atomic mass is 16.2. The molecule has 1 atom stereocenters. The molecule has 0 saturated heterocycles. The molecule has 0 aromatic rings. The van der Waals surface area contributed by atoms with Gasteiger partial charge in [0.05, 0.1) is 6.04 Å². The highest BCUT2D eigenvalue weighted by molar-refractivity contribution is 5.96. The largest absolute Gasteiger partial charge is 0.351 e. The second-order valence-electron chi connectivity index (χ2n) is 4.27. The molecule has 1 aliphatic rings. The molecule has 1 unspecified atom stereocenters. The average Bonchev–Trinajstić information content (AvgIpc) is 2.79. The Morgan fingerprint density at radius 2 is 2.07 bits per heavy atom. The van der Waals surface area contributed by atoms with Gasteiger partial charge in [-0.25, -0.2) is 4.79 Å². The number of hydrogen-bond acceptors (Lipinski definition) is 3. The monoisotopic (exact) mass is 199 g/mol. The number of hydrogen-bond donors (Lipinski definition) is 3. The fourth-order valence-corrected chi connectivity index (χ4v) is 1.11. The number of carbonyl (C=O) groups excluding carboxylic acids is 2. The molecule has 1 rings (SSSR count). The molecule has 14 heavy (non-hydrogen) atoms. The van der Waals surface area contributed by atoms with Crippen molar-refractivity contribution in [1.29, 1.82) is 0 Å². The molecule has 0 radical (unpaired) electrons. The second-order valence-corrected chi connectivity index (χ2v) is 4.27. The number of rotatable bonds is 4. The van der Waals surface area contributed by atoms with Gasteiger partial charge in [0.1, 0.15) is 0 Å². The van der Waals surface area contributed by atoms with Crippen molar-refractivity contribution in [3.8, 4) is 0 Å². The molecule has 3 amide bonds. The maximum Gasteiger partial charge on any atom is 0.318 e. The molecule has 1 saturated carbocycles. The lowest BCUT2D eigenvalue weighted by molar-refractivity contribution is -0.121. The van der Waals surface area contributed by atoms with E-state index in [1.54, 1.807) is 6.92 Å². The predicted molar refractivity (Wildman–Crippen MR) is 52.5 cm³/mol. The summed E-state index contributed by atoms with van der Waals surface area (Å²) in [6, 6.07) is -1.18. The quantitative estimate of drug-likeness (QED) is 0.594. The molecule has 5 nitrogen and oxygen atoms in total. The second kappa shape index (κ2) is 3.96. The SMILES string of the molecule is CC(NCC1(C)CC1)C(=O)NC(N)=O. The van der Waals surface area contributed by atoms with Gasteiger partial charge >= 0.3 is 6.03 Å². The third-order valence-corrected chi connectivity index (χ3v) is 2.58. The van der Waals surface area contributed by atoms with Crippen molar-refractivity contribution in [2.24, 2.45) is 11.1 Å². The van der Waals surface area contributed by atoms with Gasteiger partial charge in [-0.3, -0.25) is 10.1 Å². The fourth-order valence-electron chi connectivity index (χ4n) is 1.11. The van der Waals surface area contributed by atoms with E-state index < -0.39 is 6.03 Å². The van der Waals surface area contributed by atoms with Crippen molar-refractivity contribution in [2.75, 3.05) is 6.54 Å². The highest BCUT2D eigenvalue weighted by Gasteiger charge is 2.37. The van der Waals surface area contributed by atoms with Crippen molar-refractivity contribution in [3.63, 3.8) is 0 Å². The summed E-state index contributed by atoms with van der Waals surface area (Å²) < 4.78 is 0. The van der Waals surface area contributed by atoms with Crippen molar-refractivity contribution < 1.29 is 9.59 Å². The molecule has 4 N–H and O–H groups in total. The summed E-state index contributed by atoms with van der Waals surface area (Å²) >= 11 is 0. The first-order chi connectivity index (χ1) is 6.43. The van der Waals surface area contributed by atoms with E-state index in [4.69, 9.17) is 5.73 Å². The lowest BCUT2D eigenvalue weighted by Crippen LogP contribution is -2.47. The Kier molecular flexibility index (Phi) is 3.10. The Balaban J connectivity index is 2.23. The van der Waals surface area contributed by atoms with Crippen LogP contribution in [0.2, 0.25) is 0 Å². The summed E-state index contributed by atoms with van der Waals surface area (Å²) in [5, 5.41) is 5.11. The van der Waals surface area contributed by atoms with Gasteiger partial charge < -0.3 is 11.1 Å². The van der Waals surface area contributed by atoms with E-state index in [0.29, 0.717) is 5.41 Å². The first-order valence-electron chi connectivity index (χ1n) is 4.77. The minimum absolute atomic E-state index is 0.348. The number of primary amides is 1. The van der Waals surface area contributed by atoms with Crippen LogP contribution in [0.3, 0.4) is 0 Å². The normalized spacial score (nSPS) is 19.9. The van der Waals surface area contributed by atoms with Gasteiger partial charge in [0.15, 0.2) is 0 Å². The summed E-state index contributed by atoms with van der Waals surface area (Å²) in [7, 11) is 0.